The van der Waals surface area contributed by atoms with Crippen molar-refractivity contribution in [2.75, 3.05) is 0 Å². The molecule has 98 valence electrons. The molecule has 0 fully saturated rings. The second kappa shape index (κ2) is 5.62. The van der Waals surface area contributed by atoms with Crippen LogP contribution in [0.1, 0.15) is 38.1 Å². The van der Waals surface area contributed by atoms with Gasteiger partial charge < -0.3 is 4.74 Å². The van der Waals surface area contributed by atoms with Gasteiger partial charge in [-0.05, 0) is 31.9 Å². The molecule has 0 bridgehead atoms. The Morgan fingerprint density at radius 1 is 1.33 bits per heavy atom. The number of nitro benzene ring substituents is 1. The molecule has 0 aromatic heterocycles. The van der Waals surface area contributed by atoms with E-state index in [-0.39, 0.29) is 29.2 Å². The quantitative estimate of drug-likeness (QED) is 0.457. The molecule has 0 spiro atoms. The zero-order valence-corrected chi connectivity index (χ0v) is 11.0. The monoisotopic (exact) mass is 251 g/mol. The van der Waals surface area contributed by atoms with Crippen LogP contribution >= 0.6 is 0 Å². The Kier molecular flexibility index (Phi) is 4.42. The Morgan fingerprint density at radius 3 is 2.39 bits per heavy atom. The minimum absolute atomic E-state index is 0.133. The molecule has 0 aliphatic rings. The number of hydrogen-bond donors (Lipinski definition) is 0. The van der Waals surface area contributed by atoms with E-state index in [4.69, 9.17) is 4.74 Å². The topological polar surface area (TPSA) is 69.4 Å². The molecule has 0 aliphatic heterocycles. The van der Waals surface area contributed by atoms with Crippen LogP contribution in [-0.2, 0) is 0 Å². The number of hydrogen-bond acceptors (Lipinski definition) is 4. The Bertz CT molecular complexity index is 468. The third kappa shape index (κ3) is 3.29. The van der Waals surface area contributed by atoms with E-state index in [0.717, 1.165) is 0 Å². The normalized spacial score (nSPS) is 12.3. The predicted octanol–water partition coefficient (Wildman–Crippen LogP) is 3.22. The summed E-state index contributed by atoms with van der Waals surface area (Å²) in [6.45, 7) is 7.17. The Hall–Kier alpha value is -1.91. The van der Waals surface area contributed by atoms with Crippen molar-refractivity contribution in [2.45, 2.75) is 33.8 Å². The van der Waals surface area contributed by atoms with Gasteiger partial charge in [0.2, 0.25) is 0 Å². The maximum atomic E-state index is 11.2. The van der Waals surface area contributed by atoms with Crippen molar-refractivity contribution in [2.24, 2.45) is 5.92 Å². The Balaban J connectivity index is 3.12. The summed E-state index contributed by atoms with van der Waals surface area (Å²) < 4.78 is 5.55. The van der Waals surface area contributed by atoms with Crippen molar-refractivity contribution in [3.05, 3.63) is 33.9 Å². The highest BCUT2D eigenvalue weighted by atomic mass is 16.6. The standard InChI is InChI=1S/C13H17NO4/c1-8(2)10(4)18-13-6-5-11(9(3)15)7-12(13)14(16)17/h5-8,10H,1-4H3. The minimum atomic E-state index is -0.533. The number of benzene rings is 1. The molecule has 0 radical (unpaired) electrons. The van der Waals surface area contributed by atoms with Crippen LogP contribution in [0.3, 0.4) is 0 Å². The van der Waals surface area contributed by atoms with Crippen LogP contribution in [0, 0.1) is 16.0 Å². The number of carbonyl (C=O) groups excluding carboxylic acids is 1. The molecule has 18 heavy (non-hydrogen) atoms. The highest BCUT2D eigenvalue weighted by Gasteiger charge is 2.20. The largest absolute Gasteiger partial charge is 0.484 e. The summed E-state index contributed by atoms with van der Waals surface area (Å²) in [5.41, 5.74) is 0.140. The van der Waals surface area contributed by atoms with Gasteiger partial charge in [0.25, 0.3) is 0 Å². The van der Waals surface area contributed by atoms with E-state index >= 15 is 0 Å². The molecule has 0 heterocycles. The summed E-state index contributed by atoms with van der Waals surface area (Å²) in [4.78, 5) is 21.6. The van der Waals surface area contributed by atoms with E-state index < -0.39 is 4.92 Å². The zero-order valence-electron chi connectivity index (χ0n) is 11.0. The van der Waals surface area contributed by atoms with Crippen LogP contribution < -0.4 is 4.74 Å². The molecule has 5 nitrogen and oxygen atoms in total. The fraction of sp³-hybridized carbons (Fsp3) is 0.462. The van der Waals surface area contributed by atoms with Gasteiger partial charge in [0.05, 0.1) is 11.0 Å². The summed E-state index contributed by atoms with van der Waals surface area (Å²) in [7, 11) is 0. The van der Waals surface area contributed by atoms with Crippen molar-refractivity contribution in [1.29, 1.82) is 0 Å². The van der Waals surface area contributed by atoms with Gasteiger partial charge in [-0.3, -0.25) is 14.9 Å². The maximum Gasteiger partial charge on any atom is 0.311 e. The molecule has 1 aromatic carbocycles. The van der Waals surface area contributed by atoms with Gasteiger partial charge in [0.1, 0.15) is 0 Å². The molecule has 1 unspecified atom stereocenters. The van der Waals surface area contributed by atoms with Crippen LogP contribution in [0.4, 0.5) is 5.69 Å². The van der Waals surface area contributed by atoms with Gasteiger partial charge >= 0.3 is 5.69 Å². The minimum Gasteiger partial charge on any atom is -0.484 e. The van der Waals surface area contributed by atoms with E-state index in [1.54, 1.807) is 0 Å². The summed E-state index contributed by atoms with van der Waals surface area (Å²) in [5, 5.41) is 11.0. The number of rotatable bonds is 5. The molecule has 0 saturated carbocycles. The first-order valence-electron chi connectivity index (χ1n) is 5.79. The molecule has 1 atom stereocenters. The predicted molar refractivity (Wildman–Crippen MR) is 68.0 cm³/mol. The summed E-state index contributed by atoms with van der Waals surface area (Å²) in [5.74, 6) is 0.241. The molecule has 0 saturated heterocycles. The molecule has 0 N–H and O–H groups in total. The van der Waals surface area contributed by atoms with Crippen LogP contribution in [-0.4, -0.2) is 16.8 Å². The maximum absolute atomic E-state index is 11.2. The summed E-state index contributed by atoms with van der Waals surface area (Å²) in [6.07, 6.45) is -0.133. The number of ether oxygens (including phenoxy) is 1. The van der Waals surface area contributed by atoms with Gasteiger partial charge in [0.15, 0.2) is 11.5 Å². The van der Waals surface area contributed by atoms with Crippen LogP contribution in [0.5, 0.6) is 5.75 Å². The smallest absolute Gasteiger partial charge is 0.311 e. The summed E-state index contributed by atoms with van der Waals surface area (Å²) in [6, 6.07) is 4.27. The second-order valence-corrected chi connectivity index (χ2v) is 4.56. The third-order valence-electron chi connectivity index (χ3n) is 2.81. The number of Topliss-reactive ketones (excluding diaryl/α,β-unsaturated/α-hetero) is 1. The summed E-state index contributed by atoms with van der Waals surface area (Å²) >= 11 is 0. The van der Waals surface area contributed by atoms with E-state index in [0.29, 0.717) is 5.56 Å². The van der Waals surface area contributed by atoms with Gasteiger partial charge in [0, 0.05) is 11.6 Å². The van der Waals surface area contributed by atoms with Gasteiger partial charge in [-0.15, -0.1) is 0 Å². The van der Waals surface area contributed by atoms with E-state index in [1.165, 1.54) is 25.1 Å². The number of nitrogens with zero attached hydrogens (tertiary/aromatic N) is 1. The average Bonchev–Trinajstić information content (AvgIpc) is 2.28. The Labute approximate surface area is 106 Å². The molecule has 5 heteroatoms. The fourth-order valence-electron chi connectivity index (χ4n) is 1.32. The molecule has 0 aliphatic carbocycles. The third-order valence-corrected chi connectivity index (χ3v) is 2.81. The van der Waals surface area contributed by atoms with Crippen molar-refractivity contribution in [1.82, 2.24) is 0 Å². The first-order valence-corrected chi connectivity index (χ1v) is 5.79. The van der Waals surface area contributed by atoms with Crippen molar-refractivity contribution in [3.8, 4) is 5.75 Å². The molecule has 1 rings (SSSR count). The number of nitro groups is 1. The zero-order chi connectivity index (χ0) is 13.9. The van der Waals surface area contributed by atoms with Crippen LogP contribution in [0.25, 0.3) is 0 Å². The lowest BCUT2D eigenvalue weighted by molar-refractivity contribution is -0.386. The lowest BCUT2D eigenvalue weighted by atomic mass is 10.1. The van der Waals surface area contributed by atoms with Crippen LogP contribution in [0.15, 0.2) is 18.2 Å². The highest BCUT2D eigenvalue weighted by Crippen LogP contribution is 2.29. The SMILES string of the molecule is CC(=O)c1ccc(OC(C)C(C)C)c([N+](=O)[O-])c1. The van der Waals surface area contributed by atoms with Crippen LogP contribution in [0.2, 0.25) is 0 Å². The van der Waals surface area contributed by atoms with E-state index in [1.807, 2.05) is 20.8 Å². The number of carbonyl (C=O) groups is 1. The first-order chi connectivity index (χ1) is 8.32. The van der Waals surface area contributed by atoms with Gasteiger partial charge in [-0.2, -0.15) is 0 Å². The van der Waals surface area contributed by atoms with Gasteiger partial charge in [-0.25, -0.2) is 0 Å². The van der Waals surface area contributed by atoms with Gasteiger partial charge in [-0.1, -0.05) is 13.8 Å². The lowest BCUT2D eigenvalue weighted by Crippen LogP contribution is -2.19. The van der Waals surface area contributed by atoms with E-state index in [2.05, 4.69) is 0 Å². The highest BCUT2D eigenvalue weighted by molar-refractivity contribution is 5.95. The second-order valence-electron chi connectivity index (χ2n) is 4.56. The average molecular weight is 251 g/mol. The molecule has 1 aromatic rings. The number of ketones is 1. The molecule has 0 amide bonds. The fourth-order valence-corrected chi connectivity index (χ4v) is 1.32. The molecular weight excluding hydrogens is 234 g/mol. The van der Waals surface area contributed by atoms with Crippen molar-refractivity contribution < 1.29 is 14.5 Å². The van der Waals surface area contributed by atoms with Crippen molar-refractivity contribution >= 4 is 11.5 Å². The van der Waals surface area contributed by atoms with E-state index in [9.17, 15) is 14.9 Å². The Morgan fingerprint density at radius 2 is 1.94 bits per heavy atom. The lowest BCUT2D eigenvalue weighted by Gasteiger charge is -2.18. The van der Waals surface area contributed by atoms with Crippen molar-refractivity contribution in [3.63, 3.8) is 0 Å². The first kappa shape index (κ1) is 14.2. The molecular formula is C13H17NO4.